The number of nitrogens with zero attached hydrogens (tertiary/aromatic N) is 3. The lowest BCUT2D eigenvalue weighted by Gasteiger charge is -2.33. The second kappa shape index (κ2) is 10.7. The van der Waals surface area contributed by atoms with Crippen LogP contribution in [0.1, 0.15) is 51.5 Å². The molecule has 1 N–H and O–H groups in total. The normalized spacial score (nSPS) is 14.0. The van der Waals surface area contributed by atoms with Crippen LogP contribution in [0.2, 0.25) is 0 Å². The Morgan fingerprint density at radius 1 is 1.26 bits per heavy atom. The Balaban J connectivity index is 1.35. The van der Waals surface area contributed by atoms with Gasteiger partial charge in [-0.2, -0.15) is 0 Å². The van der Waals surface area contributed by atoms with Gasteiger partial charge in [0.2, 0.25) is 0 Å². The predicted octanol–water partition coefficient (Wildman–Crippen LogP) is 4.34. The van der Waals surface area contributed by atoms with Gasteiger partial charge in [-0.25, -0.2) is 14.6 Å². The van der Waals surface area contributed by atoms with Crippen molar-refractivity contribution in [3.63, 3.8) is 0 Å². The highest BCUT2D eigenvalue weighted by Gasteiger charge is 2.26. The average molecular weight is 501 g/mol. The fraction of sp³-hybridized carbons (Fsp3) is 0.348. The minimum Gasteiger partial charge on any atom is -0.465 e. The second-order valence-corrected chi connectivity index (χ2v) is 8.87. The number of benzene rings is 1. The molecule has 1 fully saturated rings. The second-order valence-electron chi connectivity index (χ2n) is 7.60. The van der Waals surface area contributed by atoms with E-state index in [1.165, 1.54) is 7.11 Å². The molecule has 2 aromatic heterocycles. The molecule has 0 saturated carbocycles. The number of anilines is 1. The summed E-state index contributed by atoms with van der Waals surface area (Å²) >= 11 is 7.16. The highest BCUT2D eigenvalue weighted by molar-refractivity contribution is 7.80. The molecule has 1 saturated heterocycles. The molecule has 11 heteroatoms. The van der Waals surface area contributed by atoms with E-state index in [4.69, 9.17) is 31.2 Å². The number of aromatic nitrogens is 2. The van der Waals surface area contributed by atoms with E-state index >= 15 is 0 Å². The number of carbonyl (C=O) groups excluding carboxylic acids is 2. The van der Waals surface area contributed by atoms with Crippen molar-refractivity contribution in [3.8, 4) is 11.5 Å². The summed E-state index contributed by atoms with van der Waals surface area (Å²) in [5, 5.41) is 10.5. The Kier molecular flexibility index (Phi) is 7.53. The summed E-state index contributed by atoms with van der Waals surface area (Å²) < 4.78 is 15.1. The Morgan fingerprint density at radius 3 is 2.76 bits per heavy atom. The van der Waals surface area contributed by atoms with E-state index in [9.17, 15) is 9.59 Å². The van der Waals surface area contributed by atoms with Gasteiger partial charge in [0.05, 0.1) is 30.0 Å². The van der Waals surface area contributed by atoms with Crippen molar-refractivity contribution in [3.05, 3.63) is 52.0 Å². The van der Waals surface area contributed by atoms with Crippen molar-refractivity contribution >= 4 is 46.3 Å². The van der Waals surface area contributed by atoms with Crippen molar-refractivity contribution in [2.75, 3.05) is 32.1 Å². The molecule has 0 aliphatic carbocycles. The van der Waals surface area contributed by atoms with E-state index in [-0.39, 0.29) is 12.3 Å². The van der Waals surface area contributed by atoms with Crippen LogP contribution in [0.5, 0.6) is 0 Å². The van der Waals surface area contributed by atoms with Gasteiger partial charge in [-0.1, -0.05) is 17.3 Å². The van der Waals surface area contributed by atoms with E-state index in [2.05, 4.69) is 15.4 Å². The number of ether oxygens (including phenoxy) is 2. The monoisotopic (exact) mass is 500 g/mol. The van der Waals surface area contributed by atoms with Gasteiger partial charge in [-0.3, -0.25) is 0 Å². The molecule has 9 nitrogen and oxygen atoms in total. The highest BCUT2D eigenvalue weighted by Crippen LogP contribution is 2.33. The topological polar surface area (TPSA) is 107 Å². The molecule has 1 aliphatic rings. The molecular formula is C23H24N4O5S2. The van der Waals surface area contributed by atoms with E-state index in [1.54, 1.807) is 42.5 Å². The molecule has 0 atom stereocenters. The summed E-state index contributed by atoms with van der Waals surface area (Å²) in [7, 11) is 1.36. The first kappa shape index (κ1) is 23.8. The molecule has 178 valence electrons. The summed E-state index contributed by atoms with van der Waals surface area (Å²) in [5.74, 6) is -0.185. The van der Waals surface area contributed by atoms with Crippen molar-refractivity contribution in [2.45, 2.75) is 25.7 Å². The first-order valence-corrected chi connectivity index (χ1v) is 12.1. The van der Waals surface area contributed by atoms with E-state index < -0.39 is 11.9 Å². The quantitative estimate of drug-likeness (QED) is 0.388. The van der Waals surface area contributed by atoms with E-state index in [0.717, 1.165) is 30.9 Å². The van der Waals surface area contributed by atoms with Gasteiger partial charge in [0.25, 0.3) is 0 Å². The minimum absolute atomic E-state index is 0.134. The molecule has 0 unspecified atom stereocenters. The third-order valence-corrected chi connectivity index (χ3v) is 6.84. The standard InChI is InChI=1S/C23H24N4O5S2/c1-3-31-22(29)17-12-19(32-26-17)18-13-34-20(24-18)14-8-10-27(11-9-14)23(33)25-16-7-5-4-6-15(16)21(28)30-2/h4-7,12-14H,3,8-11H2,1-2H3,(H,25,33). The van der Waals surface area contributed by atoms with Gasteiger partial charge in [0.1, 0.15) is 5.69 Å². The van der Waals surface area contributed by atoms with Crippen molar-refractivity contribution < 1.29 is 23.6 Å². The Hall–Kier alpha value is -3.31. The number of rotatable bonds is 6. The number of thiazole rings is 1. The summed E-state index contributed by atoms with van der Waals surface area (Å²) in [6.07, 6.45) is 1.77. The first-order chi connectivity index (χ1) is 16.5. The molecule has 0 amide bonds. The Bertz CT molecular complexity index is 1180. The molecule has 1 aliphatic heterocycles. The van der Waals surface area contributed by atoms with Crippen LogP contribution in [0.4, 0.5) is 5.69 Å². The maximum atomic E-state index is 12.0. The molecular weight excluding hydrogens is 476 g/mol. The number of nitrogens with one attached hydrogen (secondary N) is 1. The van der Waals surface area contributed by atoms with Crippen LogP contribution in [0, 0.1) is 0 Å². The lowest BCUT2D eigenvalue weighted by molar-refractivity contribution is 0.0513. The van der Waals surface area contributed by atoms with E-state index in [0.29, 0.717) is 33.7 Å². The van der Waals surface area contributed by atoms with Gasteiger partial charge in [0.15, 0.2) is 16.6 Å². The number of piperidine rings is 1. The molecule has 1 aromatic carbocycles. The zero-order chi connectivity index (χ0) is 24.1. The third-order valence-electron chi connectivity index (χ3n) is 5.47. The van der Waals surface area contributed by atoms with Crippen LogP contribution in [-0.4, -0.2) is 58.9 Å². The molecule has 3 heterocycles. The molecule has 4 rings (SSSR count). The molecule has 0 radical (unpaired) electrons. The van der Waals surface area contributed by atoms with Crippen LogP contribution in [0.15, 0.2) is 40.2 Å². The number of para-hydroxylation sites is 1. The summed E-state index contributed by atoms with van der Waals surface area (Å²) in [6.45, 7) is 3.54. The summed E-state index contributed by atoms with van der Waals surface area (Å²) in [5.41, 5.74) is 1.85. The average Bonchev–Trinajstić information content (AvgIpc) is 3.54. The third kappa shape index (κ3) is 5.26. The zero-order valence-corrected chi connectivity index (χ0v) is 20.4. The zero-order valence-electron chi connectivity index (χ0n) is 18.8. The Morgan fingerprint density at radius 2 is 2.03 bits per heavy atom. The van der Waals surface area contributed by atoms with Crippen molar-refractivity contribution in [1.82, 2.24) is 15.0 Å². The lowest BCUT2D eigenvalue weighted by Crippen LogP contribution is -2.40. The number of carbonyl (C=O) groups is 2. The van der Waals surface area contributed by atoms with Gasteiger partial charge >= 0.3 is 11.9 Å². The summed E-state index contributed by atoms with van der Waals surface area (Å²) in [6, 6.07) is 8.68. The maximum Gasteiger partial charge on any atom is 0.360 e. The van der Waals surface area contributed by atoms with Gasteiger partial charge < -0.3 is 24.2 Å². The summed E-state index contributed by atoms with van der Waals surface area (Å²) in [4.78, 5) is 30.6. The smallest absolute Gasteiger partial charge is 0.360 e. The first-order valence-electron chi connectivity index (χ1n) is 10.8. The highest BCUT2D eigenvalue weighted by atomic mass is 32.1. The van der Waals surface area contributed by atoms with Crippen LogP contribution < -0.4 is 5.32 Å². The maximum absolute atomic E-state index is 12.0. The number of hydrogen-bond acceptors (Lipinski definition) is 9. The fourth-order valence-corrected chi connectivity index (χ4v) is 4.96. The molecule has 0 spiro atoms. The predicted molar refractivity (Wildman–Crippen MR) is 131 cm³/mol. The van der Waals surface area contributed by atoms with Crippen LogP contribution in [-0.2, 0) is 9.47 Å². The van der Waals surface area contributed by atoms with Gasteiger partial charge in [-0.05, 0) is 44.1 Å². The number of methoxy groups -OCH3 is 1. The van der Waals surface area contributed by atoms with Crippen LogP contribution in [0.3, 0.4) is 0 Å². The molecule has 34 heavy (non-hydrogen) atoms. The number of hydrogen-bond donors (Lipinski definition) is 1. The number of thiocarbonyl (C=S) groups is 1. The van der Waals surface area contributed by atoms with E-state index in [1.807, 2.05) is 11.4 Å². The number of esters is 2. The van der Waals surface area contributed by atoms with Gasteiger partial charge in [-0.15, -0.1) is 11.3 Å². The largest absolute Gasteiger partial charge is 0.465 e. The van der Waals surface area contributed by atoms with Crippen LogP contribution >= 0.6 is 23.6 Å². The number of likely N-dealkylation sites (tertiary alicyclic amines) is 1. The SMILES string of the molecule is CCOC(=O)c1cc(-c2csc(C3CCN(C(=S)Nc4ccccc4C(=O)OC)CC3)n2)on1. The minimum atomic E-state index is -0.515. The van der Waals surface area contributed by atoms with Gasteiger partial charge in [0, 0.05) is 30.5 Å². The van der Waals surface area contributed by atoms with Crippen LogP contribution in [0.25, 0.3) is 11.5 Å². The molecule has 3 aromatic rings. The van der Waals surface area contributed by atoms with Crippen molar-refractivity contribution in [1.29, 1.82) is 0 Å². The Labute approximate surface area is 206 Å². The lowest BCUT2D eigenvalue weighted by atomic mass is 9.98. The molecule has 0 bridgehead atoms. The van der Waals surface area contributed by atoms with Crippen molar-refractivity contribution in [2.24, 2.45) is 0 Å². The fourth-order valence-electron chi connectivity index (χ4n) is 3.69.